The molecule has 1 amide bonds. The Balaban J connectivity index is 0.00000312. The summed E-state index contributed by atoms with van der Waals surface area (Å²) in [6, 6.07) is 3.73. The molecular formula is C16H28IN5O3. The molecular weight excluding hydrogens is 437 g/mol. The second-order valence-electron chi connectivity index (χ2n) is 5.77. The van der Waals surface area contributed by atoms with Crippen molar-refractivity contribution in [3.05, 3.63) is 24.2 Å². The average Bonchev–Trinajstić information content (AvgIpc) is 3.10. The van der Waals surface area contributed by atoms with Crippen LogP contribution in [-0.4, -0.2) is 81.7 Å². The van der Waals surface area contributed by atoms with Crippen molar-refractivity contribution in [2.24, 2.45) is 4.99 Å². The fourth-order valence-corrected chi connectivity index (χ4v) is 2.20. The third-order valence-corrected chi connectivity index (χ3v) is 3.71. The molecule has 1 aliphatic rings. The Hall–Kier alpha value is -1.33. The fourth-order valence-electron chi connectivity index (χ4n) is 2.20. The third kappa shape index (κ3) is 8.54. The van der Waals surface area contributed by atoms with Crippen LogP contribution < -0.4 is 10.6 Å². The molecule has 1 aliphatic heterocycles. The molecule has 25 heavy (non-hydrogen) atoms. The second kappa shape index (κ2) is 12.1. The standard InChI is InChI=1S/C16H27N5O3.HI/c1-20(2)15(22)13-19-16(18-12-14-4-3-9-24-14)17-5-6-21-7-10-23-11-8-21;/h3-4,9H,5-8,10-13H2,1-2H3,(H2,17,18,19);1H. The number of rotatable bonds is 7. The van der Waals surface area contributed by atoms with Gasteiger partial charge in [-0.2, -0.15) is 0 Å². The number of amides is 1. The number of carbonyl (C=O) groups is 1. The van der Waals surface area contributed by atoms with Crippen LogP contribution in [0, 0.1) is 0 Å². The monoisotopic (exact) mass is 465 g/mol. The number of halogens is 1. The average molecular weight is 465 g/mol. The van der Waals surface area contributed by atoms with Gasteiger partial charge in [-0.3, -0.25) is 9.69 Å². The summed E-state index contributed by atoms with van der Waals surface area (Å²) in [5.41, 5.74) is 0. The topological polar surface area (TPSA) is 82.3 Å². The number of hydrogen-bond acceptors (Lipinski definition) is 5. The molecule has 8 nitrogen and oxygen atoms in total. The van der Waals surface area contributed by atoms with Gasteiger partial charge in [-0.15, -0.1) is 24.0 Å². The SMILES string of the molecule is CN(C)C(=O)CN=C(NCCN1CCOCC1)NCc1ccco1.I. The van der Waals surface area contributed by atoms with Crippen LogP contribution >= 0.6 is 24.0 Å². The van der Waals surface area contributed by atoms with E-state index in [1.807, 2.05) is 12.1 Å². The first-order valence-corrected chi connectivity index (χ1v) is 8.20. The van der Waals surface area contributed by atoms with E-state index in [2.05, 4.69) is 20.5 Å². The van der Waals surface area contributed by atoms with Gasteiger partial charge in [0.1, 0.15) is 12.3 Å². The molecule has 2 heterocycles. The van der Waals surface area contributed by atoms with E-state index in [-0.39, 0.29) is 36.4 Å². The van der Waals surface area contributed by atoms with Gasteiger partial charge < -0.3 is 24.7 Å². The van der Waals surface area contributed by atoms with Crippen LogP contribution in [-0.2, 0) is 16.1 Å². The largest absolute Gasteiger partial charge is 0.467 e. The van der Waals surface area contributed by atoms with Crippen LogP contribution in [0.1, 0.15) is 5.76 Å². The predicted molar refractivity (Wildman–Crippen MR) is 107 cm³/mol. The van der Waals surface area contributed by atoms with E-state index in [1.165, 1.54) is 4.90 Å². The van der Waals surface area contributed by atoms with Gasteiger partial charge >= 0.3 is 0 Å². The van der Waals surface area contributed by atoms with Crippen LogP contribution in [0.3, 0.4) is 0 Å². The second-order valence-corrected chi connectivity index (χ2v) is 5.77. The normalized spacial score (nSPS) is 15.4. The molecule has 0 spiro atoms. The first-order valence-electron chi connectivity index (χ1n) is 8.20. The van der Waals surface area contributed by atoms with Crippen LogP contribution in [0.25, 0.3) is 0 Å². The zero-order valence-electron chi connectivity index (χ0n) is 14.9. The number of nitrogens with zero attached hydrogens (tertiary/aromatic N) is 3. The summed E-state index contributed by atoms with van der Waals surface area (Å²) in [6.45, 7) is 5.77. The summed E-state index contributed by atoms with van der Waals surface area (Å²) in [5, 5.41) is 6.45. The lowest BCUT2D eigenvalue weighted by molar-refractivity contribution is -0.127. The zero-order valence-corrected chi connectivity index (χ0v) is 17.2. The van der Waals surface area contributed by atoms with Gasteiger partial charge in [0.2, 0.25) is 5.91 Å². The van der Waals surface area contributed by atoms with Crippen LogP contribution in [0.15, 0.2) is 27.8 Å². The van der Waals surface area contributed by atoms with Gasteiger partial charge in [-0.1, -0.05) is 0 Å². The van der Waals surface area contributed by atoms with Crippen LogP contribution in [0.2, 0.25) is 0 Å². The van der Waals surface area contributed by atoms with Crippen molar-refractivity contribution in [3.63, 3.8) is 0 Å². The van der Waals surface area contributed by atoms with Gasteiger partial charge in [-0.25, -0.2) is 4.99 Å². The van der Waals surface area contributed by atoms with Crippen molar-refractivity contribution >= 4 is 35.8 Å². The van der Waals surface area contributed by atoms with Gasteiger partial charge in [0.15, 0.2) is 5.96 Å². The number of likely N-dealkylation sites (N-methyl/N-ethyl adjacent to an activating group) is 1. The van der Waals surface area contributed by atoms with Crippen molar-refractivity contribution in [2.45, 2.75) is 6.54 Å². The first-order chi connectivity index (χ1) is 11.6. The Kier molecular flexibility index (Phi) is 10.5. The maximum Gasteiger partial charge on any atom is 0.243 e. The fraction of sp³-hybridized carbons (Fsp3) is 0.625. The lowest BCUT2D eigenvalue weighted by Gasteiger charge is -2.26. The molecule has 0 aromatic carbocycles. The molecule has 142 valence electrons. The maximum atomic E-state index is 11.7. The molecule has 0 atom stereocenters. The Labute approximate surface area is 166 Å². The summed E-state index contributed by atoms with van der Waals surface area (Å²) >= 11 is 0. The minimum atomic E-state index is -0.0396. The Morgan fingerprint density at radius 2 is 2.08 bits per heavy atom. The molecule has 1 aromatic rings. The molecule has 0 unspecified atom stereocenters. The minimum absolute atomic E-state index is 0. The third-order valence-electron chi connectivity index (χ3n) is 3.71. The highest BCUT2D eigenvalue weighted by molar-refractivity contribution is 14.0. The van der Waals surface area contributed by atoms with E-state index in [9.17, 15) is 4.79 Å². The highest BCUT2D eigenvalue weighted by atomic mass is 127. The van der Waals surface area contributed by atoms with Crippen LogP contribution in [0.4, 0.5) is 0 Å². The van der Waals surface area contributed by atoms with Crippen molar-refractivity contribution < 1.29 is 13.9 Å². The van der Waals surface area contributed by atoms with Gasteiger partial charge in [0.05, 0.1) is 26.0 Å². The molecule has 1 aromatic heterocycles. The summed E-state index contributed by atoms with van der Waals surface area (Å²) < 4.78 is 10.6. The molecule has 0 radical (unpaired) electrons. The molecule has 0 saturated carbocycles. The number of carbonyl (C=O) groups excluding carboxylic acids is 1. The predicted octanol–water partition coefficient (Wildman–Crippen LogP) is 0.353. The van der Waals surface area contributed by atoms with E-state index < -0.39 is 0 Å². The summed E-state index contributed by atoms with van der Waals surface area (Å²) in [5.74, 6) is 1.38. The summed E-state index contributed by atoms with van der Waals surface area (Å²) in [4.78, 5) is 19.9. The number of hydrogen-bond donors (Lipinski definition) is 2. The lowest BCUT2D eigenvalue weighted by atomic mass is 10.4. The number of ether oxygens (including phenoxy) is 1. The first kappa shape index (κ1) is 21.7. The maximum absolute atomic E-state index is 11.7. The van der Waals surface area contributed by atoms with Crippen molar-refractivity contribution in [3.8, 4) is 0 Å². The van der Waals surface area contributed by atoms with Crippen molar-refractivity contribution in [1.29, 1.82) is 0 Å². The quantitative estimate of drug-likeness (QED) is 0.344. The molecule has 1 fully saturated rings. The number of guanidine groups is 1. The highest BCUT2D eigenvalue weighted by Crippen LogP contribution is 1.98. The van der Waals surface area contributed by atoms with E-state index in [4.69, 9.17) is 9.15 Å². The number of morpholine rings is 1. The molecule has 1 saturated heterocycles. The molecule has 2 N–H and O–H groups in total. The Bertz CT molecular complexity index is 516. The zero-order chi connectivity index (χ0) is 17.2. The highest BCUT2D eigenvalue weighted by Gasteiger charge is 2.10. The lowest BCUT2D eigenvalue weighted by Crippen LogP contribution is -2.44. The smallest absolute Gasteiger partial charge is 0.243 e. The van der Waals surface area contributed by atoms with Gasteiger partial charge in [0, 0.05) is 40.3 Å². The summed E-state index contributed by atoms with van der Waals surface area (Å²) in [7, 11) is 3.44. The van der Waals surface area contributed by atoms with Crippen LogP contribution in [0.5, 0.6) is 0 Å². The van der Waals surface area contributed by atoms with E-state index >= 15 is 0 Å². The van der Waals surface area contributed by atoms with Gasteiger partial charge in [0.25, 0.3) is 0 Å². The number of nitrogens with one attached hydrogen (secondary N) is 2. The van der Waals surface area contributed by atoms with E-state index in [0.717, 1.165) is 45.2 Å². The Morgan fingerprint density at radius 3 is 2.72 bits per heavy atom. The van der Waals surface area contributed by atoms with Crippen molar-refractivity contribution in [2.75, 3.05) is 60.0 Å². The van der Waals surface area contributed by atoms with E-state index in [1.54, 1.807) is 20.4 Å². The van der Waals surface area contributed by atoms with E-state index in [0.29, 0.717) is 12.5 Å². The number of furan rings is 1. The summed E-state index contributed by atoms with van der Waals surface area (Å²) in [6.07, 6.45) is 1.63. The Morgan fingerprint density at radius 1 is 1.32 bits per heavy atom. The van der Waals surface area contributed by atoms with Crippen molar-refractivity contribution in [1.82, 2.24) is 20.4 Å². The number of aliphatic imine (C=N–C) groups is 1. The van der Waals surface area contributed by atoms with Gasteiger partial charge in [-0.05, 0) is 12.1 Å². The molecule has 2 rings (SSSR count). The molecule has 0 aliphatic carbocycles. The molecule has 0 bridgehead atoms. The molecule has 9 heteroatoms. The minimum Gasteiger partial charge on any atom is -0.467 e.